The molecule has 3 rings (SSSR count). The van der Waals surface area contributed by atoms with Crippen LogP contribution in [0.2, 0.25) is 0 Å². The van der Waals surface area contributed by atoms with Gasteiger partial charge in [-0.3, -0.25) is 0 Å². The van der Waals surface area contributed by atoms with Crippen LogP contribution < -0.4 is 15.5 Å². The Balaban J connectivity index is 1.84. The van der Waals surface area contributed by atoms with Gasteiger partial charge in [0.05, 0.1) is 25.6 Å². The summed E-state index contributed by atoms with van der Waals surface area (Å²) in [7, 11) is 1.47. The minimum absolute atomic E-state index is 0.0973. The lowest BCUT2D eigenvalue weighted by molar-refractivity contribution is -0.264. The third-order valence-corrected chi connectivity index (χ3v) is 6.03. The van der Waals surface area contributed by atoms with E-state index in [1.54, 1.807) is 50.4 Å². The highest BCUT2D eigenvalue weighted by Gasteiger charge is 2.56. The maximum absolute atomic E-state index is 14.0. The minimum atomic E-state index is -4.83. The molecule has 1 heterocycles. The van der Waals surface area contributed by atoms with Crippen LogP contribution in [0.5, 0.6) is 5.75 Å². The quantitative estimate of drug-likeness (QED) is 0.543. The van der Waals surface area contributed by atoms with Crippen molar-refractivity contribution in [1.29, 1.82) is 0 Å². The normalized spacial score (nSPS) is 22.7. The number of ether oxygens (including phenoxy) is 1. The zero-order chi connectivity index (χ0) is 22.2. The number of aliphatic hydroxyl groups is 1. The molecule has 0 saturated heterocycles. The molecule has 0 radical (unpaired) electrons. The first-order valence-corrected chi connectivity index (χ1v) is 10.3. The van der Waals surface area contributed by atoms with Gasteiger partial charge in [-0.2, -0.15) is 18.3 Å². The van der Waals surface area contributed by atoms with E-state index in [-0.39, 0.29) is 12.0 Å². The molecule has 1 aliphatic carbocycles. The number of allylic oxidation sites excluding steroid dienone is 2. The summed E-state index contributed by atoms with van der Waals surface area (Å²) < 4.78 is 48.2. The number of nitrogens with one attached hydrogen (secondary N) is 2. The lowest BCUT2D eigenvalue weighted by atomic mass is 9.74. The van der Waals surface area contributed by atoms with Crippen LogP contribution >= 0.6 is 15.9 Å². The SMILES string of the molecule is COc1cc(Br)ccc1C(C)(C)CC(O)(CNC1=CC=CC2NN=CC12)C(F)(F)F. The Morgan fingerprint density at radius 2 is 2.03 bits per heavy atom. The predicted molar refractivity (Wildman–Crippen MR) is 113 cm³/mol. The molecule has 9 heteroatoms. The third kappa shape index (κ3) is 4.51. The zero-order valence-corrected chi connectivity index (χ0v) is 18.5. The first-order valence-electron chi connectivity index (χ1n) is 9.51. The van der Waals surface area contributed by atoms with Gasteiger partial charge in [-0.05, 0) is 35.6 Å². The van der Waals surface area contributed by atoms with Crippen LogP contribution in [0.15, 0.2) is 51.7 Å². The molecular formula is C21H25BrF3N3O2. The third-order valence-electron chi connectivity index (χ3n) is 5.54. The van der Waals surface area contributed by atoms with Crippen LogP contribution in [-0.2, 0) is 5.41 Å². The van der Waals surface area contributed by atoms with E-state index >= 15 is 0 Å². The summed E-state index contributed by atoms with van der Waals surface area (Å²) in [4.78, 5) is 0. The maximum atomic E-state index is 14.0. The number of benzene rings is 1. The zero-order valence-electron chi connectivity index (χ0n) is 16.9. The molecule has 3 unspecified atom stereocenters. The van der Waals surface area contributed by atoms with Crippen LogP contribution in [0.4, 0.5) is 13.2 Å². The Bertz CT molecular complexity index is 883. The Kier molecular flexibility index (Phi) is 6.25. The molecule has 164 valence electrons. The first-order chi connectivity index (χ1) is 14.0. The summed E-state index contributed by atoms with van der Waals surface area (Å²) in [6.07, 6.45) is 1.64. The van der Waals surface area contributed by atoms with Crippen LogP contribution in [-0.4, -0.2) is 42.8 Å². The fraction of sp³-hybridized carbons (Fsp3) is 0.476. The smallest absolute Gasteiger partial charge is 0.418 e. The van der Waals surface area contributed by atoms with Crippen molar-refractivity contribution in [2.45, 2.75) is 43.5 Å². The Hall–Kier alpha value is -2.00. The molecule has 1 aromatic rings. The number of hydrogen-bond acceptors (Lipinski definition) is 5. The number of fused-ring (bicyclic) bond motifs is 1. The summed E-state index contributed by atoms with van der Waals surface area (Å²) in [6.45, 7) is 2.67. The van der Waals surface area contributed by atoms with Gasteiger partial charge < -0.3 is 20.6 Å². The van der Waals surface area contributed by atoms with Crippen LogP contribution in [0.25, 0.3) is 0 Å². The molecule has 0 saturated carbocycles. The fourth-order valence-electron chi connectivity index (χ4n) is 3.95. The van der Waals surface area contributed by atoms with Gasteiger partial charge in [0.15, 0.2) is 5.60 Å². The highest BCUT2D eigenvalue weighted by atomic mass is 79.9. The number of rotatable bonds is 7. The second-order valence-electron chi connectivity index (χ2n) is 8.25. The lowest BCUT2D eigenvalue weighted by Crippen LogP contribution is -2.55. The Morgan fingerprint density at radius 3 is 2.70 bits per heavy atom. The van der Waals surface area contributed by atoms with Crippen molar-refractivity contribution in [3.63, 3.8) is 0 Å². The van der Waals surface area contributed by atoms with E-state index in [1.807, 2.05) is 6.08 Å². The van der Waals surface area contributed by atoms with Crippen LogP contribution in [0.1, 0.15) is 25.8 Å². The largest absolute Gasteiger partial charge is 0.496 e. The molecule has 30 heavy (non-hydrogen) atoms. The van der Waals surface area contributed by atoms with Crippen molar-refractivity contribution >= 4 is 22.1 Å². The molecule has 1 aromatic carbocycles. The first kappa shape index (κ1) is 22.7. The van der Waals surface area contributed by atoms with Gasteiger partial charge >= 0.3 is 6.18 Å². The maximum Gasteiger partial charge on any atom is 0.418 e. The van der Waals surface area contributed by atoms with E-state index in [4.69, 9.17) is 4.74 Å². The van der Waals surface area contributed by atoms with Crippen molar-refractivity contribution < 1.29 is 23.0 Å². The number of nitrogens with zero attached hydrogens (tertiary/aromatic N) is 1. The van der Waals surface area contributed by atoms with Gasteiger partial charge in [-0.1, -0.05) is 48.0 Å². The summed E-state index contributed by atoms with van der Waals surface area (Å²) in [5, 5.41) is 17.6. The van der Waals surface area contributed by atoms with Crippen molar-refractivity contribution in [1.82, 2.24) is 10.7 Å². The van der Waals surface area contributed by atoms with Crippen molar-refractivity contribution in [3.05, 3.63) is 52.2 Å². The second kappa shape index (κ2) is 8.26. The van der Waals surface area contributed by atoms with E-state index in [2.05, 4.69) is 31.8 Å². The number of halogens is 4. The van der Waals surface area contributed by atoms with Gasteiger partial charge in [0.2, 0.25) is 0 Å². The van der Waals surface area contributed by atoms with Gasteiger partial charge in [0.1, 0.15) is 5.75 Å². The minimum Gasteiger partial charge on any atom is -0.496 e. The van der Waals surface area contributed by atoms with E-state index in [0.29, 0.717) is 17.0 Å². The summed E-state index contributed by atoms with van der Waals surface area (Å²) >= 11 is 3.34. The molecule has 0 amide bonds. The van der Waals surface area contributed by atoms with Gasteiger partial charge in [-0.25, -0.2) is 0 Å². The van der Waals surface area contributed by atoms with E-state index in [9.17, 15) is 18.3 Å². The van der Waals surface area contributed by atoms with E-state index in [0.717, 1.165) is 4.47 Å². The van der Waals surface area contributed by atoms with Gasteiger partial charge in [0, 0.05) is 16.4 Å². The summed E-state index contributed by atoms with van der Waals surface area (Å²) in [6, 6.07) is 5.07. The average molecular weight is 488 g/mol. The van der Waals surface area contributed by atoms with Gasteiger partial charge in [0.25, 0.3) is 0 Å². The lowest BCUT2D eigenvalue weighted by Gasteiger charge is -2.39. The fourth-order valence-corrected chi connectivity index (χ4v) is 4.29. The standard InChI is InChI=1S/C21H25BrF3N3O2/c1-19(2,15-8-7-13(22)9-18(15)30-3)11-20(29,21(23,24)25)12-26-16-5-4-6-17-14(16)10-27-28-17/h4-10,14,17,26,28-29H,11-12H2,1-3H3. The molecule has 0 bridgehead atoms. The molecule has 1 aliphatic heterocycles. The molecule has 0 aromatic heterocycles. The van der Waals surface area contributed by atoms with Crippen molar-refractivity contribution in [2.75, 3.05) is 13.7 Å². The summed E-state index contributed by atoms with van der Waals surface area (Å²) in [5.41, 5.74) is 0.0944. The van der Waals surface area contributed by atoms with E-state index in [1.165, 1.54) is 7.11 Å². The number of hydrazone groups is 1. The van der Waals surface area contributed by atoms with Crippen molar-refractivity contribution in [2.24, 2.45) is 11.0 Å². The molecule has 0 fully saturated rings. The Morgan fingerprint density at radius 1 is 1.30 bits per heavy atom. The molecule has 5 nitrogen and oxygen atoms in total. The van der Waals surface area contributed by atoms with Crippen LogP contribution in [0.3, 0.4) is 0 Å². The number of alkyl halides is 3. The topological polar surface area (TPSA) is 65.9 Å². The monoisotopic (exact) mass is 487 g/mol. The molecule has 0 spiro atoms. The second-order valence-corrected chi connectivity index (χ2v) is 9.17. The molecule has 2 aliphatic rings. The van der Waals surface area contributed by atoms with Crippen LogP contribution in [0, 0.1) is 5.92 Å². The molecule has 3 N–H and O–H groups in total. The average Bonchev–Trinajstić information content (AvgIpc) is 3.14. The van der Waals surface area contributed by atoms with Crippen molar-refractivity contribution in [3.8, 4) is 5.75 Å². The molecule has 3 atom stereocenters. The Labute approximate surface area is 182 Å². The highest BCUT2D eigenvalue weighted by molar-refractivity contribution is 9.10. The van der Waals surface area contributed by atoms with E-state index < -0.39 is 30.2 Å². The number of methoxy groups -OCH3 is 1. The summed E-state index contributed by atoms with van der Waals surface area (Å²) in [5.74, 6) is 0.273. The number of hydrogen-bond donors (Lipinski definition) is 3. The predicted octanol–water partition coefficient (Wildman–Crippen LogP) is 4.04. The molecular weight excluding hydrogens is 463 g/mol. The highest BCUT2D eigenvalue weighted by Crippen LogP contribution is 2.44. The van der Waals surface area contributed by atoms with Gasteiger partial charge in [-0.15, -0.1) is 0 Å².